The minimum Gasteiger partial charge on any atom is -0.468 e. The first-order chi connectivity index (χ1) is 8.13. The first kappa shape index (κ1) is 14.5. The molecule has 2 rings (SSSR count). The molecule has 0 bridgehead atoms. The highest BCUT2D eigenvalue weighted by atomic mass is 35.5. The standard InChI is InChI=1S/C12H14N2O3.ClH/c1-17-12(16)10(13)8-6-7-4-2-3-5-9(7)14-11(8)15;/h2-5,8,10H,6,13H2,1H3,(H,14,15);1H/t8-,10-;/m1./s1. The zero-order valence-corrected chi connectivity index (χ0v) is 10.7. The normalized spacial score (nSPS) is 19.0. The number of carbonyl (C=O) groups excluding carboxylic acids is 2. The molecule has 1 aliphatic heterocycles. The lowest BCUT2D eigenvalue weighted by Crippen LogP contribution is -2.47. The van der Waals surface area contributed by atoms with Gasteiger partial charge >= 0.3 is 5.97 Å². The van der Waals surface area contributed by atoms with E-state index < -0.39 is 17.9 Å². The monoisotopic (exact) mass is 270 g/mol. The summed E-state index contributed by atoms with van der Waals surface area (Å²) in [6.45, 7) is 0. The SMILES string of the molecule is COC(=O)[C@H](N)[C@H]1Cc2ccccc2NC1=O.Cl. The fourth-order valence-corrected chi connectivity index (χ4v) is 1.97. The fourth-order valence-electron chi connectivity index (χ4n) is 1.97. The number of amides is 1. The Kier molecular flexibility index (Phi) is 4.69. The number of carbonyl (C=O) groups is 2. The lowest BCUT2D eigenvalue weighted by atomic mass is 9.88. The number of para-hydroxylation sites is 1. The second-order valence-corrected chi connectivity index (χ2v) is 4.01. The topological polar surface area (TPSA) is 81.4 Å². The van der Waals surface area contributed by atoms with Gasteiger partial charge in [-0.3, -0.25) is 9.59 Å². The number of esters is 1. The summed E-state index contributed by atoms with van der Waals surface area (Å²) in [6, 6.07) is 6.55. The molecule has 1 aliphatic rings. The van der Waals surface area contributed by atoms with E-state index >= 15 is 0 Å². The Hall–Kier alpha value is -1.59. The van der Waals surface area contributed by atoms with E-state index in [1.165, 1.54) is 7.11 Å². The summed E-state index contributed by atoms with van der Waals surface area (Å²) in [7, 11) is 1.26. The molecule has 0 radical (unpaired) electrons. The van der Waals surface area contributed by atoms with Gasteiger partial charge in [-0.1, -0.05) is 18.2 Å². The van der Waals surface area contributed by atoms with Crippen LogP contribution in [-0.4, -0.2) is 25.0 Å². The van der Waals surface area contributed by atoms with E-state index in [0.717, 1.165) is 11.3 Å². The molecule has 0 aliphatic carbocycles. The molecule has 0 saturated heterocycles. The van der Waals surface area contributed by atoms with E-state index in [-0.39, 0.29) is 18.3 Å². The van der Waals surface area contributed by atoms with Crippen molar-refractivity contribution in [1.29, 1.82) is 0 Å². The molecule has 1 aromatic rings. The summed E-state index contributed by atoms with van der Waals surface area (Å²) < 4.78 is 4.56. The third-order valence-corrected chi connectivity index (χ3v) is 2.96. The fraction of sp³-hybridized carbons (Fsp3) is 0.333. The van der Waals surface area contributed by atoms with E-state index in [9.17, 15) is 9.59 Å². The van der Waals surface area contributed by atoms with Crippen molar-refractivity contribution in [2.24, 2.45) is 11.7 Å². The smallest absolute Gasteiger partial charge is 0.323 e. The number of rotatable bonds is 2. The average molecular weight is 271 g/mol. The molecular formula is C12H15ClN2O3. The molecule has 0 aromatic heterocycles. The highest BCUT2D eigenvalue weighted by Crippen LogP contribution is 2.26. The number of methoxy groups -OCH3 is 1. The lowest BCUT2D eigenvalue weighted by Gasteiger charge is -2.27. The van der Waals surface area contributed by atoms with E-state index in [0.29, 0.717) is 6.42 Å². The molecule has 98 valence electrons. The van der Waals surface area contributed by atoms with Gasteiger partial charge in [0.2, 0.25) is 5.91 Å². The Balaban J connectivity index is 0.00000162. The highest BCUT2D eigenvalue weighted by Gasteiger charge is 2.35. The first-order valence-electron chi connectivity index (χ1n) is 5.35. The quantitative estimate of drug-likeness (QED) is 0.776. The third kappa shape index (κ3) is 2.63. The van der Waals surface area contributed by atoms with E-state index in [1.807, 2.05) is 24.3 Å². The van der Waals surface area contributed by atoms with Crippen LogP contribution < -0.4 is 11.1 Å². The predicted octanol–water partition coefficient (Wildman–Crippen LogP) is 0.719. The Morgan fingerprint density at radius 3 is 2.83 bits per heavy atom. The van der Waals surface area contributed by atoms with Crippen LogP contribution >= 0.6 is 12.4 Å². The molecule has 6 heteroatoms. The summed E-state index contributed by atoms with van der Waals surface area (Å²) in [5, 5.41) is 2.74. The van der Waals surface area contributed by atoms with Crippen LogP contribution in [0, 0.1) is 5.92 Å². The number of hydrogen-bond acceptors (Lipinski definition) is 4. The van der Waals surface area contributed by atoms with Gasteiger partial charge in [-0.2, -0.15) is 0 Å². The summed E-state index contributed by atoms with van der Waals surface area (Å²) in [5.74, 6) is -1.37. The van der Waals surface area contributed by atoms with Crippen LogP contribution in [0.3, 0.4) is 0 Å². The molecule has 0 saturated carbocycles. The van der Waals surface area contributed by atoms with Crippen LogP contribution in [0.25, 0.3) is 0 Å². The van der Waals surface area contributed by atoms with Crippen LogP contribution in [0.1, 0.15) is 5.56 Å². The number of nitrogens with one attached hydrogen (secondary N) is 1. The molecule has 2 atom stereocenters. The molecule has 1 amide bonds. The van der Waals surface area contributed by atoms with Gasteiger partial charge in [0, 0.05) is 5.69 Å². The molecule has 0 fully saturated rings. The van der Waals surface area contributed by atoms with Crippen molar-refractivity contribution in [3.8, 4) is 0 Å². The van der Waals surface area contributed by atoms with Crippen LogP contribution in [0.5, 0.6) is 0 Å². The second kappa shape index (κ2) is 5.84. The van der Waals surface area contributed by atoms with Crippen LogP contribution in [0.4, 0.5) is 5.69 Å². The van der Waals surface area contributed by atoms with Crippen molar-refractivity contribution in [2.45, 2.75) is 12.5 Å². The minimum atomic E-state index is -0.923. The summed E-state index contributed by atoms with van der Waals surface area (Å²) in [6.07, 6.45) is 0.457. The number of ether oxygens (including phenoxy) is 1. The number of benzene rings is 1. The van der Waals surface area contributed by atoms with Gasteiger partial charge in [0.05, 0.1) is 13.0 Å². The van der Waals surface area contributed by atoms with E-state index in [4.69, 9.17) is 5.73 Å². The molecule has 18 heavy (non-hydrogen) atoms. The average Bonchev–Trinajstić information content (AvgIpc) is 2.36. The minimum absolute atomic E-state index is 0. The predicted molar refractivity (Wildman–Crippen MR) is 69.5 cm³/mol. The van der Waals surface area contributed by atoms with E-state index in [1.54, 1.807) is 0 Å². The number of nitrogens with two attached hydrogens (primary N) is 1. The summed E-state index contributed by atoms with van der Waals surface area (Å²) in [5.41, 5.74) is 7.48. The number of anilines is 1. The van der Waals surface area contributed by atoms with Crippen LogP contribution in [-0.2, 0) is 20.7 Å². The first-order valence-corrected chi connectivity index (χ1v) is 5.35. The molecule has 1 aromatic carbocycles. The van der Waals surface area contributed by atoms with Crippen molar-refractivity contribution in [1.82, 2.24) is 0 Å². The molecule has 1 heterocycles. The molecule has 5 nitrogen and oxygen atoms in total. The van der Waals surface area contributed by atoms with Crippen LogP contribution in [0.15, 0.2) is 24.3 Å². The van der Waals surface area contributed by atoms with Crippen molar-refractivity contribution in [3.63, 3.8) is 0 Å². The Bertz CT molecular complexity index is 464. The van der Waals surface area contributed by atoms with Gasteiger partial charge in [0.25, 0.3) is 0 Å². The van der Waals surface area contributed by atoms with Crippen LogP contribution in [0.2, 0.25) is 0 Å². The van der Waals surface area contributed by atoms with Crippen molar-refractivity contribution in [2.75, 3.05) is 12.4 Å². The van der Waals surface area contributed by atoms with Gasteiger partial charge < -0.3 is 15.8 Å². The summed E-state index contributed by atoms with van der Waals surface area (Å²) >= 11 is 0. The maximum atomic E-state index is 11.8. The van der Waals surface area contributed by atoms with Gasteiger partial charge in [-0.05, 0) is 18.1 Å². The van der Waals surface area contributed by atoms with Crippen molar-refractivity contribution < 1.29 is 14.3 Å². The number of hydrogen-bond donors (Lipinski definition) is 2. The van der Waals surface area contributed by atoms with Crippen molar-refractivity contribution in [3.05, 3.63) is 29.8 Å². The largest absolute Gasteiger partial charge is 0.468 e. The van der Waals surface area contributed by atoms with Gasteiger partial charge in [0.1, 0.15) is 6.04 Å². The van der Waals surface area contributed by atoms with Crippen molar-refractivity contribution >= 4 is 30.0 Å². The van der Waals surface area contributed by atoms with Gasteiger partial charge in [-0.25, -0.2) is 0 Å². The third-order valence-electron chi connectivity index (χ3n) is 2.96. The molecule has 0 unspecified atom stereocenters. The molecule has 0 spiro atoms. The highest BCUT2D eigenvalue weighted by molar-refractivity contribution is 5.99. The maximum absolute atomic E-state index is 11.8. The zero-order chi connectivity index (χ0) is 12.4. The lowest BCUT2D eigenvalue weighted by molar-refractivity contribution is -0.145. The Morgan fingerprint density at radius 1 is 1.50 bits per heavy atom. The van der Waals surface area contributed by atoms with Gasteiger partial charge in [0.15, 0.2) is 0 Å². The molecule has 3 N–H and O–H groups in total. The second-order valence-electron chi connectivity index (χ2n) is 4.01. The number of fused-ring (bicyclic) bond motifs is 1. The summed E-state index contributed by atoms with van der Waals surface area (Å²) in [4.78, 5) is 23.2. The molecular weight excluding hydrogens is 256 g/mol. The zero-order valence-electron chi connectivity index (χ0n) is 9.88. The number of halogens is 1. The maximum Gasteiger partial charge on any atom is 0.323 e. The van der Waals surface area contributed by atoms with Gasteiger partial charge in [-0.15, -0.1) is 12.4 Å². The Labute approximate surface area is 111 Å². The Morgan fingerprint density at radius 2 is 2.17 bits per heavy atom. The van der Waals surface area contributed by atoms with E-state index in [2.05, 4.69) is 10.1 Å².